The molecule has 1 aromatic carbocycles. The first kappa shape index (κ1) is 12.8. The van der Waals surface area contributed by atoms with Crippen molar-refractivity contribution in [1.82, 2.24) is 9.55 Å². The van der Waals surface area contributed by atoms with Gasteiger partial charge in [0.25, 0.3) is 0 Å². The summed E-state index contributed by atoms with van der Waals surface area (Å²) in [5.41, 5.74) is 9.76. The van der Waals surface area contributed by atoms with Gasteiger partial charge >= 0.3 is 0 Å². The van der Waals surface area contributed by atoms with Crippen LogP contribution in [0, 0.1) is 13.8 Å². The fourth-order valence-corrected chi connectivity index (χ4v) is 2.19. The van der Waals surface area contributed by atoms with E-state index in [0.717, 1.165) is 18.7 Å². The molecule has 0 amide bonds. The average Bonchev–Trinajstić information content (AvgIpc) is 2.75. The Hall–Kier alpha value is -1.61. The smallest absolute Gasteiger partial charge is 0.110 e. The molecular formula is C15H21N3. The lowest BCUT2D eigenvalue weighted by Crippen LogP contribution is -2.21. The summed E-state index contributed by atoms with van der Waals surface area (Å²) < 4.78 is 2.11. The minimum Gasteiger partial charge on any atom is -0.327 e. The lowest BCUT2D eigenvalue weighted by atomic mass is 10.0. The van der Waals surface area contributed by atoms with E-state index in [1.807, 2.05) is 19.3 Å². The molecule has 0 aliphatic heterocycles. The predicted molar refractivity (Wildman–Crippen MR) is 75.0 cm³/mol. The van der Waals surface area contributed by atoms with E-state index in [9.17, 15) is 0 Å². The topological polar surface area (TPSA) is 43.8 Å². The third-order valence-corrected chi connectivity index (χ3v) is 3.37. The Morgan fingerprint density at radius 2 is 2.11 bits per heavy atom. The molecule has 2 rings (SSSR count). The van der Waals surface area contributed by atoms with Crippen LogP contribution < -0.4 is 5.73 Å². The number of nitrogens with zero attached hydrogens (tertiary/aromatic N) is 2. The van der Waals surface area contributed by atoms with Crippen molar-refractivity contribution in [2.75, 3.05) is 0 Å². The fourth-order valence-electron chi connectivity index (χ4n) is 2.19. The molecule has 0 saturated heterocycles. The molecule has 1 heterocycles. The highest BCUT2D eigenvalue weighted by Crippen LogP contribution is 2.18. The Morgan fingerprint density at radius 1 is 1.33 bits per heavy atom. The van der Waals surface area contributed by atoms with Crippen molar-refractivity contribution < 1.29 is 0 Å². The fraction of sp³-hybridized carbons (Fsp3) is 0.400. The van der Waals surface area contributed by atoms with Crippen LogP contribution in [0.2, 0.25) is 0 Å². The van der Waals surface area contributed by atoms with Gasteiger partial charge in [-0.2, -0.15) is 0 Å². The largest absolute Gasteiger partial charge is 0.327 e. The molecule has 2 N–H and O–H groups in total. The molecule has 0 saturated carbocycles. The van der Waals surface area contributed by atoms with Gasteiger partial charge in [-0.15, -0.1) is 0 Å². The molecule has 2 aromatic rings. The first-order chi connectivity index (χ1) is 8.61. The monoisotopic (exact) mass is 243 g/mol. The molecule has 0 spiro atoms. The van der Waals surface area contributed by atoms with Crippen molar-refractivity contribution in [2.45, 2.75) is 39.7 Å². The van der Waals surface area contributed by atoms with Gasteiger partial charge in [-0.3, -0.25) is 0 Å². The van der Waals surface area contributed by atoms with E-state index in [0.29, 0.717) is 0 Å². The van der Waals surface area contributed by atoms with Crippen molar-refractivity contribution in [2.24, 2.45) is 5.73 Å². The number of hydrogen-bond acceptors (Lipinski definition) is 2. The van der Waals surface area contributed by atoms with Crippen LogP contribution in [0.5, 0.6) is 0 Å². The third-order valence-electron chi connectivity index (χ3n) is 3.37. The molecule has 1 aromatic heterocycles. The summed E-state index contributed by atoms with van der Waals surface area (Å²) in [7, 11) is 0. The standard InChI is InChI=1S/C15H21N3/c1-4-14(16)10-13-5-6-15(11(2)9-13)18-8-7-17-12(18)3/h5-9,14H,4,10,16H2,1-3H3. The number of aryl methyl sites for hydroxylation is 2. The van der Waals surface area contributed by atoms with Crippen LogP contribution in [-0.4, -0.2) is 15.6 Å². The molecule has 0 bridgehead atoms. The van der Waals surface area contributed by atoms with Crippen LogP contribution in [0.4, 0.5) is 0 Å². The molecule has 1 atom stereocenters. The summed E-state index contributed by atoms with van der Waals surface area (Å²) in [6.07, 6.45) is 5.78. The van der Waals surface area contributed by atoms with Crippen LogP contribution in [0.25, 0.3) is 5.69 Å². The Kier molecular flexibility index (Phi) is 3.82. The lowest BCUT2D eigenvalue weighted by Gasteiger charge is -2.13. The Bertz CT molecular complexity index is 528. The van der Waals surface area contributed by atoms with E-state index < -0.39 is 0 Å². The number of hydrogen-bond donors (Lipinski definition) is 1. The first-order valence-corrected chi connectivity index (χ1v) is 6.47. The van der Waals surface area contributed by atoms with Crippen molar-refractivity contribution in [1.29, 1.82) is 0 Å². The molecule has 3 nitrogen and oxygen atoms in total. The third kappa shape index (κ3) is 2.62. The molecule has 0 radical (unpaired) electrons. The Labute approximate surface area is 109 Å². The van der Waals surface area contributed by atoms with Gasteiger partial charge < -0.3 is 10.3 Å². The first-order valence-electron chi connectivity index (χ1n) is 6.47. The second-order valence-electron chi connectivity index (χ2n) is 4.84. The maximum absolute atomic E-state index is 6.00. The van der Waals surface area contributed by atoms with Crippen molar-refractivity contribution in [3.05, 3.63) is 47.5 Å². The second-order valence-corrected chi connectivity index (χ2v) is 4.84. The van der Waals surface area contributed by atoms with Gasteiger partial charge in [0.05, 0.1) is 0 Å². The second kappa shape index (κ2) is 5.36. The summed E-state index contributed by atoms with van der Waals surface area (Å²) in [6, 6.07) is 6.80. The maximum atomic E-state index is 6.00. The number of imidazole rings is 1. The SMILES string of the molecule is CCC(N)Cc1ccc(-n2ccnc2C)c(C)c1. The summed E-state index contributed by atoms with van der Waals surface area (Å²) in [5, 5.41) is 0. The van der Waals surface area contributed by atoms with Crippen LogP contribution in [-0.2, 0) is 6.42 Å². The Morgan fingerprint density at radius 3 is 2.67 bits per heavy atom. The van der Waals surface area contributed by atoms with Crippen LogP contribution in [0.1, 0.15) is 30.3 Å². The number of aromatic nitrogens is 2. The number of nitrogens with two attached hydrogens (primary N) is 1. The number of benzene rings is 1. The maximum Gasteiger partial charge on any atom is 0.110 e. The highest BCUT2D eigenvalue weighted by Gasteiger charge is 2.06. The van der Waals surface area contributed by atoms with Gasteiger partial charge in [0.15, 0.2) is 0 Å². The molecule has 18 heavy (non-hydrogen) atoms. The van der Waals surface area contributed by atoms with Crippen molar-refractivity contribution in [3.63, 3.8) is 0 Å². The van der Waals surface area contributed by atoms with Crippen LogP contribution in [0.15, 0.2) is 30.6 Å². The van der Waals surface area contributed by atoms with Crippen LogP contribution >= 0.6 is 0 Å². The zero-order valence-corrected chi connectivity index (χ0v) is 11.4. The van der Waals surface area contributed by atoms with Gasteiger partial charge in [0.1, 0.15) is 5.82 Å². The summed E-state index contributed by atoms with van der Waals surface area (Å²) in [4.78, 5) is 4.26. The quantitative estimate of drug-likeness (QED) is 0.897. The van der Waals surface area contributed by atoms with E-state index in [1.165, 1.54) is 16.8 Å². The van der Waals surface area contributed by atoms with Crippen molar-refractivity contribution >= 4 is 0 Å². The zero-order valence-electron chi connectivity index (χ0n) is 11.4. The average molecular weight is 243 g/mol. The number of rotatable bonds is 4. The predicted octanol–water partition coefficient (Wildman–Crippen LogP) is 2.77. The molecule has 0 aliphatic rings. The van der Waals surface area contributed by atoms with Gasteiger partial charge in [-0.05, 0) is 43.9 Å². The summed E-state index contributed by atoms with van der Waals surface area (Å²) in [6.45, 7) is 6.27. The van der Waals surface area contributed by atoms with Gasteiger partial charge in [-0.25, -0.2) is 4.98 Å². The van der Waals surface area contributed by atoms with Gasteiger partial charge in [0.2, 0.25) is 0 Å². The summed E-state index contributed by atoms with van der Waals surface area (Å²) in [5.74, 6) is 1.01. The lowest BCUT2D eigenvalue weighted by molar-refractivity contribution is 0.646. The van der Waals surface area contributed by atoms with Gasteiger partial charge in [0, 0.05) is 24.1 Å². The summed E-state index contributed by atoms with van der Waals surface area (Å²) >= 11 is 0. The normalized spacial score (nSPS) is 12.7. The highest BCUT2D eigenvalue weighted by molar-refractivity contribution is 5.43. The molecule has 3 heteroatoms. The van der Waals surface area contributed by atoms with E-state index in [2.05, 4.69) is 41.6 Å². The van der Waals surface area contributed by atoms with E-state index >= 15 is 0 Å². The van der Waals surface area contributed by atoms with E-state index in [4.69, 9.17) is 5.73 Å². The van der Waals surface area contributed by atoms with Crippen molar-refractivity contribution in [3.8, 4) is 5.69 Å². The van der Waals surface area contributed by atoms with Crippen LogP contribution in [0.3, 0.4) is 0 Å². The van der Waals surface area contributed by atoms with Gasteiger partial charge in [-0.1, -0.05) is 19.1 Å². The van der Waals surface area contributed by atoms with E-state index in [1.54, 1.807) is 0 Å². The molecule has 1 unspecified atom stereocenters. The Balaban J connectivity index is 2.28. The minimum absolute atomic E-state index is 0.255. The molecular weight excluding hydrogens is 222 g/mol. The molecule has 0 aliphatic carbocycles. The highest BCUT2D eigenvalue weighted by atomic mass is 15.1. The zero-order chi connectivity index (χ0) is 13.1. The molecule has 96 valence electrons. The minimum atomic E-state index is 0.255. The molecule has 0 fully saturated rings. The van der Waals surface area contributed by atoms with E-state index in [-0.39, 0.29) is 6.04 Å².